The third-order valence-corrected chi connectivity index (χ3v) is 5.90. The lowest BCUT2D eigenvalue weighted by Gasteiger charge is -2.32. The molecule has 1 aliphatic carbocycles. The van der Waals surface area contributed by atoms with Crippen LogP contribution in [0.4, 0.5) is 0 Å². The van der Waals surface area contributed by atoms with E-state index in [1.165, 1.54) is 0 Å². The Hall–Kier alpha value is -1.89. The van der Waals surface area contributed by atoms with Crippen LogP contribution >= 0.6 is 0 Å². The van der Waals surface area contributed by atoms with Gasteiger partial charge >= 0.3 is 0 Å². The van der Waals surface area contributed by atoms with Gasteiger partial charge in [-0.1, -0.05) is 5.16 Å². The fourth-order valence-corrected chi connectivity index (χ4v) is 4.40. The molecule has 4 rings (SSSR count). The first kappa shape index (κ1) is 17.5. The SMILES string of the molecule is O=C(NCC1CCCN(C(=O)c2noc3c2CCCC3)C1)C1CCCN1. The van der Waals surface area contributed by atoms with E-state index in [4.69, 9.17) is 4.52 Å². The molecule has 26 heavy (non-hydrogen) atoms. The molecule has 0 bridgehead atoms. The van der Waals surface area contributed by atoms with Gasteiger partial charge in [-0.25, -0.2) is 0 Å². The quantitative estimate of drug-likeness (QED) is 0.844. The molecule has 0 spiro atoms. The summed E-state index contributed by atoms with van der Waals surface area (Å²) in [4.78, 5) is 27.0. The van der Waals surface area contributed by atoms with Crippen LogP contribution in [0.25, 0.3) is 0 Å². The molecule has 2 unspecified atom stereocenters. The summed E-state index contributed by atoms with van der Waals surface area (Å²) in [6, 6.07) is -0.0435. The Morgan fingerprint density at radius 2 is 2.08 bits per heavy atom. The maximum atomic E-state index is 12.9. The molecule has 3 heterocycles. The van der Waals surface area contributed by atoms with E-state index in [0.29, 0.717) is 24.7 Å². The standard InChI is InChI=1S/C19H28N4O3/c24-18(15-7-3-9-20-15)21-11-13-5-4-10-23(12-13)19(25)17-14-6-1-2-8-16(14)26-22-17/h13,15,20H,1-12H2,(H,21,24). The average Bonchev–Trinajstić information content (AvgIpc) is 3.35. The van der Waals surface area contributed by atoms with E-state index in [2.05, 4.69) is 15.8 Å². The van der Waals surface area contributed by atoms with Crippen LogP contribution < -0.4 is 10.6 Å². The number of carbonyl (C=O) groups is 2. The number of fused-ring (bicyclic) bond motifs is 1. The molecule has 2 N–H and O–H groups in total. The van der Waals surface area contributed by atoms with Crippen molar-refractivity contribution in [2.75, 3.05) is 26.2 Å². The molecule has 2 atom stereocenters. The highest BCUT2D eigenvalue weighted by Gasteiger charge is 2.31. The van der Waals surface area contributed by atoms with Gasteiger partial charge in [0.15, 0.2) is 5.69 Å². The van der Waals surface area contributed by atoms with Crippen LogP contribution in [-0.4, -0.2) is 54.1 Å². The molecule has 3 aliphatic rings. The van der Waals surface area contributed by atoms with Gasteiger partial charge in [-0.05, 0) is 57.4 Å². The Morgan fingerprint density at radius 3 is 2.92 bits per heavy atom. The third-order valence-electron chi connectivity index (χ3n) is 5.90. The van der Waals surface area contributed by atoms with Gasteiger partial charge in [0, 0.05) is 31.6 Å². The number of aromatic nitrogens is 1. The van der Waals surface area contributed by atoms with Gasteiger partial charge in [0.05, 0.1) is 6.04 Å². The Labute approximate surface area is 153 Å². The monoisotopic (exact) mass is 360 g/mol. The van der Waals surface area contributed by atoms with Crippen molar-refractivity contribution in [1.29, 1.82) is 0 Å². The Bertz CT molecular complexity index is 666. The largest absolute Gasteiger partial charge is 0.360 e. The lowest BCUT2D eigenvalue weighted by atomic mass is 9.94. The molecule has 2 aliphatic heterocycles. The van der Waals surface area contributed by atoms with E-state index in [-0.39, 0.29) is 17.9 Å². The highest BCUT2D eigenvalue weighted by atomic mass is 16.5. The number of piperidine rings is 1. The highest BCUT2D eigenvalue weighted by molar-refractivity contribution is 5.94. The summed E-state index contributed by atoms with van der Waals surface area (Å²) in [6.07, 6.45) is 7.97. The number of rotatable bonds is 4. The summed E-state index contributed by atoms with van der Waals surface area (Å²) in [7, 11) is 0. The Balaban J connectivity index is 1.33. The van der Waals surface area contributed by atoms with Crippen molar-refractivity contribution in [3.63, 3.8) is 0 Å². The fraction of sp³-hybridized carbons (Fsp3) is 0.737. The van der Waals surface area contributed by atoms with Crippen molar-refractivity contribution in [3.8, 4) is 0 Å². The zero-order valence-corrected chi connectivity index (χ0v) is 15.3. The first-order chi connectivity index (χ1) is 12.7. The lowest BCUT2D eigenvalue weighted by Crippen LogP contribution is -2.47. The summed E-state index contributed by atoms with van der Waals surface area (Å²) < 4.78 is 5.40. The minimum atomic E-state index is -0.0435. The Morgan fingerprint density at radius 1 is 1.19 bits per heavy atom. The molecule has 7 heteroatoms. The highest BCUT2D eigenvalue weighted by Crippen LogP contribution is 2.26. The first-order valence-corrected chi connectivity index (χ1v) is 10.00. The fourth-order valence-electron chi connectivity index (χ4n) is 4.40. The second kappa shape index (κ2) is 7.78. The summed E-state index contributed by atoms with van der Waals surface area (Å²) in [5.41, 5.74) is 1.53. The molecule has 2 amide bonds. The molecule has 0 saturated carbocycles. The van der Waals surface area contributed by atoms with Crippen molar-refractivity contribution in [2.24, 2.45) is 5.92 Å². The molecule has 1 aromatic heterocycles. The van der Waals surface area contributed by atoms with E-state index in [1.807, 2.05) is 4.90 Å². The number of likely N-dealkylation sites (tertiary alicyclic amines) is 1. The third kappa shape index (κ3) is 3.63. The van der Waals surface area contributed by atoms with Gasteiger partial charge in [-0.2, -0.15) is 0 Å². The van der Waals surface area contributed by atoms with Crippen LogP contribution in [0.3, 0.4) is 0 Å². The molecule has 7 nitrogen and oxygen atoms in total. The molecule has 2 fully saturated rings. The van der Waals surface area contributed by atoms with Gasteiger partial charge in [-0.15, -0.1) is 0 Å². The molecule has 2 saturated heterocycles. The Kier molecular flexibility index (Phi) is 5.24. The van der Waals surface area contributed by atoms with Crippen LogP contribution in [0.5, 0.6) is 0 Å². The average molecular weight is 360 g/mol. The van der Waals surface area contributed by atoms with Crippen molar-refractivity contribution < 1.29 is 14.1 Å². The van der Waals surface area contributed by atoms with Crippen molar-refractivity contribution in [1.82, 2.24) is 20.7 Å². The van der Waals surface area contributed by atoms with Crippen LogP contribution in [0, 0.1) is 5.92 Å². The van der Waals surface area contributed by atoms with Crippen molar-refractivity contribution in [2.45, 2.75) is 57.4 Å². The maximum Gasteiger partial charge on any atom is 0.276 e. The number of hydrogen-bond acceptors (Lipinski definition) is 5. The minimum Gasteiger partial charge on any atom is -0.360 e. The van der Waals surface area contributed by atoms with Crippen LogP contribution in [-0.2, 0) is 17.6 Å². The zero-order valence-electron chi connectivity index (χ0n) is 15.3. The second-order valence-electron chi connectivity index (χ2n) is 7.79. The molecular formula is C19H28N4O3. The predicted molar refractivity (Wildman–Crippen MR) is 95.8 cm³/mol. The number of nitrogens with one attached hydrogen (secondary N) is 2. The van der Waals surface area contributed by atoms with Gasteiger partial charge < -0.3 is 20.1 Å². The van der Waals surface area contributed by atoms with Gasteiger partial charge in [0.1, 0.15) is 5.76 Å². The van der Waals surface area contributed by atoms with Crippen molar-refractivity contribution in [3.05, 3.63) is 17.0 Å². The van der Waals surface area contributed by atoms with E-state index < -0.39 is 0 Å². The zero-order chi connectivity index (χ0) is 17.9. The lowest BCUT2D eigenvalue weighted by molar-refractivity contribution is -0.123. The summed E-state index contributed by atoms with van der Waals surface area (Å²) >= 11 is 0. The number of aryl methyl sites for hydroxylation is 1. The number of amides is 2. The summed E-state index contributed by atoms with van der Waals surface area (Å²) in [5, 5.41) is 10.4. The van der Waals surface area contributed by atoms with Gasteiger partial charge in [0.2, 0.25) is 5.91 Å². The number of nitrogens with zero attached hydrogens (tertiary/aromatic N) is 2. The number of hydrogen-bond donors (Lipinski definition) is 2. The minimum absolute atomic E-state index is 0.00890. The molecule has 142 valence electrons. The number of carbonyl (C=O) groups excluding carboxylic acids is 2. The predicted octanol–water partition coefficient (Wildman–Crippen LogP) is 1.27. The van der Waals surface area contributed by atoms with Crippen LogP contribution in [0.15, 0.2) is 4.52 Å². The second-order valence-corrected chi connectivity index (χ2v) is 7.79. The molecule has 1 aromatic rings. The van der Waals surface area contributed by atoms with Gasteiger partial charge in [0.25, 0.3) is 5.91 Å². The maximum absolute atomic E-state index is 12.9. The summed E-state index contributed by atoms with van der Waals surface area (Å²) in [5.74, 6) is 1.28. The first-order valence-electron chi connectivity index (χ1n) is 10.00. The van der Waals surface area contributed by atoms with Crippen molar-refractivity contribution >= 4 is 11.8 Å². The smallest absolute Gasteiger partial charge is 0.276 e. The van der Waals surface area contributed by atoms with E-state index in [9.17, 15) is 9.59 Å². The van der Waals surface area contributed by atoms with E-state index in [0.717, 1.165) is 75.8 Å². The van der Waals surface area contributed by atoms with Crippen LogP contribution in [0.2, 0.25) is 0 Å². The van der Waals surface area contributed by atoms with E-state index in [1.54, 1.807) is 0 Å². The topological polar surface area (TPSA) is 87.5 Å². The normalized spacial score (nSPS) is 25.8. The molecule has 0 aromatic carbocycles. The molecular weight excluding hydrogens is 332 g/mol. The molecule has 0 radical (unpaired) electrons. The summed E-state index contributed by atoms with van der Waals surface area (Å²) in [6.45, 7) is 3.00. The van der Waals surface area contributed by atoms with Gasteiger partial charge in [-0.3, -0.25) is 9.59 Å². The van der Waals surface area contributed by atoms with E-state index >= 15 is 0 Å². The van der Waals surface area contributed by atoms with Crippen LogP contribution in [0.1, 0.15) is 60.3 Å².